The zero-order chi connectivity index (χ0) is 13.1. The highest BCUT2D eigenvalue weighted by atomic mass is 16.4. The van der Waals surface area contributed by atoms with Crippen molar-refractivity contribution in [3.05, 3.63) is 23.7 Å². The summed E-state index contributed by atoms with van der Waals surface area (Å²) in [5.41, 5.74) is 0. The molecule has 0 saturated carbocycles. The Morgan fingerprint density at radius 2 is 2.28 bits per heavy atom. The summed E-state index contributed by atoms with van der Waals surface area (Å²) in [6, 6.07) is 2.43. The zero-order valence-corrected chi connectivity index (χ0v) is 9.55. The maximum Gasteiger partial charge on any atom is 0.371 e. The van der Waals surface area contributed by atoms with E-state index in [9.17, 15) is 14.7 Å². The van der Waals surface area contributed by atoms with Crippen LogP contribution in [-0.2, 0) is 11.3 Å². The molecule has 2 atom stereocenters. The summed E-state index contributed by atoms with van der Waals surface area (Å²) in [7, 11) is 0. The number of rotatable bonds is 4. The van der Waals surface area contributed by atoms with E-state index in [-0.39, 0.29) is 18.2 Å². The second-order valence-corrected chi connectivity index (χ2v) is 4.14. The van der Waals surface area contributed by atoms with Crippen LogP contribution in [0.1, 0.15) is 22.7 Å². The number of carbonyl (C=O) groups is 2. The van der Waals surface area contributed by atoms with E-state index in [0.29, 0.717) is 18.7 Å². The van der Waals surface area contributed by atoms with E-state index in [4.69, 9.17) is 9.52 Å². The van der Waals surface area contributed by atoms with Crippen LogP contribution in [0.2, 0.25) is 0 Å². The van der Waals surface area contributed by atoms with Crippen LogP contribution in [0.25, 0.3) is 0 Å². The number of aliphatic hydroxyl groups is 1. The van der Waals surface area contributed by atoms with Crippen LogP contribution in [0.3, 0.4) is 0 Å². The summed E-state index contributed by atoms with van der Waals surface area (Å²) < 4.78 is 5.00. The van der Waals surface area contributed by atoms with Gasteiger partial charge in [-0.05, 0) is 18.6 Å². The molecule has 18 heavy (non-hydrogen) atoms. The van der Waals surface area contributed by atoms with Gasteiger partial charge in [0.15, 0.2) is 0 Å². The highest BCUT2D eigenvalue weighted by Gasteiger charge is 2.27. The van der Waals surface area contributed by atoms with Crippen molar-refractivity contribution >= 4 is 11.9 Å². The van der Waals surface area contributed by atoms with E-state index in [2.05, 4.69) is 10.6 Å². The van der Waals surface area contributed by atoms with Gasteiger partial charge in [0.1, 0.15) is 5.76 Å². The molecule has 1 aromatic rings. The monoisotopic (exact) mass is 254 g/mol. The number of amides is 1. The molecule has 0 bridgehead atoms. The SMILES string of the molecule is O=C(O)c1ccc(CNC(=O)C2CC(O)CN2)o1. The maximum absolute atomic E-state index is 11.7. The zero-order valence-electron chi connectivity index (χ0n) is 9.55. The van der Waals surface area contributed by atoms with Crippen LogP contribution < -0.4 is 10.6 Å². The van der Waals surface area contributed by atoms with Gasteiger partial charge >= 0.3 is 5.97 Å². The minimum Gasteiger partial charge on any atom is -0.475 e. The van der Waals surface area contributed by atoms with Crippen LogP contribution in [0, 0.1) is 0 Å². The summed E-state index contributed by atoms with van der Waals surface area (Å²) >= 11 is 0. The van der Waals surface area contributed by atoms with Crippen molar-refractivity contribution in [1.29, 1.82) is 0 Å². The van der Waals surface area contributed by atoms with Crippen molar-refractivity contribution in [3.8, 4) is 0 Å². The predicted molar refractivity (Wildman–Crippen MR) is 59.9 cm³/mol. The van der Waals surface area contributed by atoms with Crippen molar-refractivity contribution in [2.24, 2.45) is 0 Å². The molecule has 7 nitrogen and oxygen atoms in total. The fraction of sp³-hybridized carbons (Fsp3) is 0.455. The first-order valence-electron chi connectivity index (χ1n) is 5.57. The van der Waals surface area contributed by atoms with Crippen molar-refractivity contribution in [2.75, 3.05) is 6.54 Å². The molecule has 2 rings (SSSR count). The second kappa shape index (κ2) is 5.19. The first-order chi connectivity index (χ1) is 8.56. The van der Waals surface area contributed by atoms with Crippen LogP contribution in [-0.4, -0.2) is 40.8 Å². The van der Waals surface area contributed by atoms with Gasteiger partial charge in [-0.15, -0.1) is 0 Å². The average Bonchev–Trinajstić information content (AvgIpc) is 2.94. The van der Waals surface area contributed by atoms with E-state index in [0.717, 1.165) is 0 Å². The van der Waals surface area contributed by atoms with Gasteiger partial charge in [0, 0.05) is 6.54 Å². The average molecular weight is 254 g/mol. The molecule has 7 heteroatoms. The summed E-state index contributed by atoms with van der Waals surface area (Å²) in [4.78, 5) is 22.2. The molecule has 0 spiro atoms. The quantitative estimate of drug-likeness (QED) is 0.566. The van der Waals surface area contributed by atoms with Crippen LogP contribution >= 0.6 is 0 Å². The predicted octanol–water partition coefficient (Wildman–Crippen LogP) is -0.683. The number of hydrogen-bond acceptors (Lipinski definition) is 5. The number of carbonyl (C=O) groups excluding carboxylic acids is 1. The molecular weight excluding hydrogens is 240 g/mol. The van der Waals surface area contributed by atoms with Crippen molar-refractivity contribution in [2.45, 2.75) is 25.1 Å². The van der Waals surface area contributed by atoms with Gasteiger partial charge in [0.2, 0.25) is 11.7 Å². The Morgan fingerprint density at radius 1 is 1.50 bits per heavy atom. The molecule has 1 aliphatic rings. The molecule has 0 radical (unpaired) electrons. The number of carboxylic acids is 1. The Labute approximate surface area is 103 Å². The summed E-state index contributed by atoms with van der Waals surface area (Å²) in [6.07, 6.45) is -0.118. The molecule has 2 heterocycles. The lowest BCUT2D eigenvalue weighted by Gasteiger charge is -2.09. The number of aliphatic hydroxyl groups excluding tert-OH is 1. The summed E-state index contributed by atoms with van der Waals surface area (Å²) in [5.74, 6) is -1.17. The van der Waals surface area contributed by atoms with Crippen molar-refractivity contribution < 1.29 is 24.2 Å². The van der Waals surface area contributed by atoms with E-state index < -0.39 is 18.1 Å². The smallest absolute Gasteiger partial charge is 0.371 e. The number of aromatic carboxylic acids is 1. The lowest BCUT2D eigenvalue weighted by molar-refractivity contribution is -0.123. The third-order valence-electron chi connectivity index (χ3n) is 2.73. The third-order valence-corrected chi connectivity index (χ3v) is 2.73. The van der Waals surface area contributed by atoms with Gasteiger partial charge < -0.3 is 25.3 Å². The molecule has 0 aliphatic carbocycles. The second-order valence-electron chi connectivity index (χ2n) is 4.14. The number of hydrogen-bond donors (Lipinski definition) is 4. The maximum atomic E-state index is 11.7. The molecular formula is C11H14N2O5. The van der Waals surface area contributed by atoms with E-state index in [1.165, 1.54) is 12.1 Å². The molecule has 1 aliphatic heterocycles. The Balaban J connectivity index is 1.83. The minimum absolute atomic E-state index is 0.125. The highest BCUT2D eigenvalue weighted by Crippen LogP contribution is 2.09. The third kappa shape index (κ3) is 2.88. The molecule has 98 valence electrons. The Bertz CT molecular complexity index is 456. The van der Waals surface area contributed by atoms with Gasteiger partial charge in [0.05, 0.1) is 18.7 Å². The van der Waals surface area contributed by atoms with Gasteiger partial charge in [0.25, 0.3) is 0 Å². The fourth-order valence-corrected chi connectivity index (χ4v) is 1.80. The number of β-amino-alcohol motifs (C(OH)–C–C–N with tert-alkyl or cyclic N) is 1. The molecule has 1 saturated heterocycles. The van der Waals surface area contributed by atoms with E-state index in [1.54, 1.807) is 0 Å². The van der Waals surface area contributed by atoms with Crippen LogP contribution in [0.4, 0.5) is 0 Å². The Kier molecular flexibility index (Phi) is 3.63. The van der Waals surface area contributed by atoms with E-state index in [1.807, 2.05) is 0 Å². The number of nitrogens with one attached hydrogen (secondary N) is 2. The van der Waals surface area contributed by atoms with Gasteiger partial charge in [-0.25, -0.2) is 4.79 Å². The Hall–Kier alpha value is -1.86. The summed E-state index contributed by atoms with van der Waals surface area (Å²) in [6.45, 7) is 0.530. The van der Waals surface area contributed by atoms with Crippen molar-refractivity contribution in [3.63, 3.8) is 0 Å². The van der Waals surface area contributed by atoms with Gasteiger partial charge in [-0.1, -0.05) is 0 Å². The topological polar surface area (TPSA) is 112 Å². The number of furan rings is 1. The molecule has 0 aromatic carbocycles. The fourth-order valence-electron chi connectivity index (χ4n) is 1.80. The highest BCUT2D eigenvalue weighted by molar-refractivity contribution is 5.84. The van der Waals surface area contributed by atoms with Gasteiger partial charge in [-0.3, -0.25) is 4.79 Å². The lowest BCUT2D eigenvalue weighted by Crippen LogP contribution is -2.39. The Morgan fingerprint density at radius 3 is 2.83 bits per heavy atom. The molecule has 1 fully saturated rings. The normalized spacial score (nSPS) is 22.9. The lowest BCUT2D eigenvalue weighted by atomic mass is 10.2. The standard InChI is InChI=1S/C11H14N2O5/c14-6-3-8(12-4-6)10(15)13-5-7-1-2-9(18-7)11(16)17/h1-2,6,8,12,14H,3-5H2,(H,13,15)(H,16,17). The van der Waals surface area contributed by atoms with Crippen LogP contribution in [0.5, 0.6) is 0 Å². The van der Waals surface area contributed by atoms with Crippen LogP contribution in [0.15, 0.2) is 16.5 Å². The van der Waals surface area contributed by atoms with Crippen molar-refractivity contribution in [1.82, 2.24) is 10.6 Å². The van der Waals surface area contributed by atoms with Gasteiger partial charge in [-0.2, -0.15) is 0 Å². The van der Waals surface area contributed by atoms with E-state index >= 15 is 0 Å². The first-order valence-corrected chi connectivity index (χ1v) is 5.57. The largest absolute Gasteiger partial charge is 0.475 e. The number of carboxylic acid groups (broad SMARTS) is 1. The minimum atomic E-state index is -1.15. The summed E-state index contributed by atoms with van der Waals surface area (Å²) in [5, 5.41) is 23.4. The molecule has 2 unspecified atom stereocenters. The molecule has 1 aromatic heterocycles. The molecule has 1 amide bonds. The first kappa shape index (κ1) is 12.6. The molecule has 4 N–H and O–H groups in total.